The predicted molar refractivity (Wildman–Crippen MR) is 182 cm³/mol. The van der Waals surface area contributed by atoms with Gasteiger partial charge in [0.1, 0.15) is 11.2 Å². The summed E-state index contributed by atoms with van der Waals surface area (Å²) in [7, 11) is 0. The fraction of sp³-hybridized carbons (Fsp3) is 0.263. The van der Waals surface area contributed by atoms with E-state index < -0.39 is 11.2 Å². The minimum absolute atomic E-state index is 0. The predicted octanol–water partition coefficient (Wildman–Crippen LogP) is 6.07. The largest absolute Gasteiger partial charge is 0.379 e. The van der Waals surface area contributed by atoms with E-state index in [0.717, 1.165) is 70.7 Å². The van der Waals surface area contributed by atoms with Gasteiger partial charge in [-0.05, 0) is 44.5 Å². The molecule has 224 valence electrons. The summed E-state index contributed by atoms with van der Waals surface area (Å²) < 4.78 is 0. The monoisotopic (exact) mass is 622 g/mol. The van der Waals surface area contributed by atoms with Gasteiger partial charge in [0.2, 0.25) is 0 Å². The molecule has 0 saturated carbocycles. The maximum Gasteiger partial charge on any atom is 0.127 e. The minimum Gasteiger partial charge on any atom is -0.379 e. The van der Waals surface area contributed by atoms with Crippen molar-refractivity contribution in [3.05, 3.63) is 119 Å². The van der Waals surface area contributed by atoms with Gasteiger partial charge in [0.25, 0.3) is 0 Å². The number of rotatable bonds is 4. The van der Waals surface area contributed by atoms with Gasteiger partial charge in [-0.1, -0.05) is 121 Å². The second kappa shape index (κ2) is 13.2. The summed E-state index contributed by atoms with van der Waals surface area (Å²) in [6.45, 7) is 5.16. The molecule has 1 fully saturated rings. The Kier molecular flexibility index (Phi) is 9.54. The number of piperazine rings is 1. The lowest BCUT2D eigenvalue weighted by Gasteiger charge is -2.32. The van der Waals surface area contributed by atoms with Gasteiger partial charge < -0.3 is 10.2 Å². The van der Waals surface area contributed by atoms with Crippen LogP contribution in [0.3, 0.4) is 0 Å². The number of hydrogen-bond acceptors (Lipinski definition) is 4. The molecule has 1 saturated heterocycles. The lowest BCUT2D eigenvalue weighted by Crippen LogP contribution is -2.46. The number of hydrogen-bond donors (Lipinski definition) is 2. The van der Waals surface area contributed by atoms with E-state index in [-0.39, 0.29) is 24.8 Å². The van der Waals surface area contributed by atoms with Crippen molar-refractivity contribution in [1.82, 2.24) is 9.80 Å². The van der Waals surface area contributed by atoms with Crippen molar-refractivity contribution in [2.24, 2.45) is 0 Å². The average molecular weight is 624 g/mol. The maximum absolute atomic E-state index is 11.7. The summed E-state index contributed by atoms with van der Waals surface area (Å²) in [5, 5.41) is 23.4. The Morgan fingerprint density at radius 3 is 1.02 bits per heavy atom. The summed E-state index contributed by atoms with van der Waals surface area (Å²) in [5.74, 6) is 13.2. The lowest BCUT2D eigenvalue weighted by molar-refractivity contribution is 0.0909. The highest BCUT2D eigenvalue weighted by Gasteiger charge is 2.41. The Bertz CT molecular complexity index is 1550. The summed E-state index contributed by atoms with van der Waals surface area (Å²) in [6, 6.07) is 32.4. The molecule has 44 heavy (non-hydrogen) atoms. The molecular weight excluding hydrogens is 587 g/mol. The molecule has 0 amide bonds. The first-order valence-electron chi connectivity index (χ1n) is 14.8. The van der Waals surface area contributed by atoms with Gasteiger partial charge in [0.15, 0.2) is 0 Å². The molecule has 0 radical (unpaired) electrons. The smallest absolute Gasteiger partial charge is 0.127 e. The molecule has 0 unspecified atom stereocenters. The second-order valence-corrected chi connectivity index (χ2v) is 11.5. The zero-order valence-electron chi connectivity index (χ0n) is 24.5. The Balaban J connectivity index is 0.00000192. The molecule has 6 heteroatoms. The van der Waals surface area contributed by atoms with Crippen LogP contribution >= 0.6 is 24.8 Å². The molecule has 4 nitrogen and oxygen atoms in total. The van der Waals surface area contributed by atoms with Crippen molar-refractivity contribution in [3.8, 4) is 45.9 Å². The van der Waals surface area contributed by atoms with E-state index in [1.807, 2.05) is 72.8 Å². The molecule has 4 aromatic rings. The number of halogens is 2. The molecule has 1 heterocycles. The molecule has 0 bridgehead atoms. The number of fused-ring (bicyclic) bond motifs is 6. The Labute approximate surface area is 272 Å². The van der Waals surface area contributed by atoms with Crippen LogP contribution in [0.2, 0.25) is 0 Å². The zero-order valence-corrected chi connectivity index (χ0v) is 26.1. The van der Waals surface area contributed by atoms with Crippen LogP contribution in [0.1, 0.15) is 35.1 Å². The van der Waals surface area contributed by atoms with Gasteiger partial charge in [-0.3, -0.25) is 9.80 Å². The number of nitrogens with zero attached hydrogens (tertiary/aromatic N) is 2. The van der Waals surface area contributed by atoms with Crippen molar-refractivity contribution in [3.63, 3.8) is 0 Å². The topological polar surface area (TPSA) is 46.9 Å². The second-order valence-electron chi connectivity index (χ2n) is 11.5. The van der Waals surface area contributed by atoms with E-state index in [9.17, 15) is 10.2 Å². The third-order valence-electron chi connectivity index (χ3n) is 9.08. The van der Waals surface area contributed by atoms with Gasteiger partial charge in [0, 0.05) is 39.0 Å². The number of aliphatic hydroxyl groups is 2. The molecule has 2 N–H and O–H groups in total. The van der Waals surface area contributed by atoms with Crippen molar-refractivity contribution in [1.29, 1.82) is 0 Å². The van der Waals surface area contributed by atoms with Crippen LogP contribution in [0.15, 0.2) is 97.1 Å². The number of benzene rings is 4. The SMILES string of the molecule is Cl.Cl.OC1(CC#CCN2CCN(CC#CCC3(O)c4ccccc4-c4ccccc43)CC2)c2ccccc2-c2ccccc21. The standard InChI is InChI=1S/C38H34N2O2.2ClH/c41-37(33-17-5-1-13-29(33)30-14-2-6-18-34(30)37)21-9-11-23-39-25-27-40(28-26-39)24-12-10-22-38(42)35-19-7-3-15-31(35)32-16-4-8-20-36(32)38;;/h1-8,13-20,41-42H,21-28H2;2*1H. The summed E-state index contributed by atoms with van der Waals surface area (Å²) in [6.07, 6.45) is 0.774. The van der Waals surface area contributed by atoms with E-state index in [4.69, 9.17) is 0 Å². The molecule has 7 rings (SSSR count). The highest BCUT2D eigenvalue weighted by atomic mass is 35.5. The van der Waals surface area contributed by atoms with Crippen LogP contribution in [0.25, 0.3) is 22.3 Å². The summed E-state index contributed by atoms with van der Waals surface area (Å²) in [4.78, 5) is 4.74. The van der Waals surface area contributed by atoms with Crippen molar-refractivity contribution >= 4 is 24.8 Å². The van der Waals surface area contributed by atoms with Crippen LogP contribution in [0, 0.1) is 23.7 Å². The molecular formula is C38H36Cl2N2O2. The van der Waals surface area contributed by atoms with E-state index in [1.54, 1.807) is 0 Å². The van der Waals surface area contributed by atoms with Crippen LogP contribution in [0.4, 0.5) is 0 Å². The summed E-state index contributed by atoms with van der Waals surface area (Å²) >= 11 is 0. The van der Waals surface area contributed by atoms with E-state index in [2.05, 4.69) is 57.7 Å². The normalized spacial score (nSPS) is 16.8. The van der Waals surface area contributed by atoms with Crippen LogP contribution in [-0.2, 0) is 11.2 Å². The minimum atomic E-state index is -1.06. The van der Waals surface area contributed by atoms with Gasteiger partial charge in [-0.25, -0.2) is 0 Å². The van der Waals surface area contributed by atoms with Gasteiger partial charge in [-0.2, -0.15) is 0 Å². The molecule has 1 aliphatic heterocycles. The van der Waals surface area contributed by atoms with Crippen molar-refractivity contribution < 1.29 is 10.2 Å². The first kappa shape index (κ1) is 31.8. The van der Waals surface area contributed by atoms with Crippen molar-refractivity contribution in [2.45, 2.75) is 24.0 Å². The summed E-state index contributed by atoms with van der Waals surface area (Å²) in [5.41, 5.74) is 6.07. The maximum atomic E-state index is 11.7. The van der Waals surface area contributed by atoms with Gasteiger partial charge in [-0.15, -0.1) is 24.8 Å². The lowest BCUT2D eigenvalue weighted by atomic mass is 9.88. The molecule has 4 aromatic carbocycles. The third-order valence-corrected chi connectivity index (χ3v) is 9.08. The zero-order chi connectivity index (χ0) is 28.6. The van der Waals surface area contributed by atoms with Gasteiger partial charge in [0.05, 0.1) is 13.1 Å². The third kappa shape index (κ3) is 5.55. The molecule has 0 aromatic heterocycles. The van der Waals surface area contributed by atoms with E-state index >= 15 is 0 Å². The van der Waals surface area contributed by atoms with E-state index in [0.29, 0.717) is 25.9 Å². The van der Waals surface area contributed by atoms with Crippen LogP contribution in [-0.4, -0.2) is 59.3 Å². The Hall–Kier alpha value is -3.58. The van der Waals surface area contributed by atoms with Crippen molar-refractivity contribution in [2.75, 3.05) is 39.3 Å². The highest BCUT2D eigenvalue weighted by molar-refractivity contribution is 5.85. The molecule has 2 aliphatic carbocycles. The fourth-order valence-corrected chi connectivity index (χ4v) is 6.81. The molecule has 0 spiro atoms. The highest BCUT2D eigenvalue weighted by Crippen LogP contribution is 2.49. The van der Waals surface area contributed by atoms with Gasteiger partial charge >= 0.3 is 0 Å². The average Bonchev–Trinajstić information content (AvgIpc) is 3.45. The first-order valence-corrected chi connectivity index (χ1v) is 14.8. The Morgan fingerprint density at radius 1 is 0.455 bits per heavy atom. The molecule has 3 aliphatic rings. The quantitative estimate of drug-likeness (QED) is 0.271. The fourth-order valence-electron chi connectivity index (χ4n) is 6.81. The Morgan fingerprint density at radius 2 is 0.727 bits per heavy atom. The van der Waals surface area contributed by atoms with Crippen LogP contribution in [0.5, 0.6) is 0 Å². The van der Waals surface area contributed by atoms with E-state index in [1.165, 1.54) is 0 Å². The molecule has 0 atom stereocenters. The van der Waals surface area contributed by atoms with Crippen LogP contribution < -0.4 is 0 Å². The first-order chi connectivity index (χ1) is 20.6.